The third-order valence-electron chi connectivity index (χ3n) is 6.10. The Balaban J connectivity index is 0.000000220. The molecular formula is C20H40O2. The first-order valence-electron chi connectivity index (χ1n) is 9.47. The number of aliphatic hydroxyl groups is 2. The van der Waals surface area contributed by atoms with Crippen LogP contribution >= 0.6 is 0 Å². The van der Waals surface area contributed by atoms with Gasteiger partial charge in [-0.05, 0) is 88.9 Å². The van der Waals surface area contributed by atoms with E-state index < -0.39 is 0 Å². The molecule has 2 fully saturated rings. The van der Waals surface area contributed by atoms with Crippen molar-refractivity contribution in [3.05, 3.63) is 0 Å². The van der Waals surface area contributed by atoms with Crippen LogP contribution in [0.1, 0.15) is 92.9 Å². The molecule has 2 rings (SSSR count). The lowest BCUT2D eigenvalue weighted by Gasteiger charge is -2.34. The van der Waals surface area contributed by atoms with Gasteiger partial charge in [-0.15, -0.1) is 0 Å². The molecule has 0 aromatic heterocycles. The van der Waals surface area contributed by atoms with Crippen LogP contribution in [0, 0.1) is 23.7 Å². The Morgan fingerprint density at radius 3 is 1.05 bits per heavy atom. The minimum Gasteiger partial charge on any atom is -0.390 e. The molecule has 2 N–H and O–H groups in total. The summed E-state index contributed by atoms with van der Waals surface area (Å²) < 4.78 is 0. The van der Waals surface area contributed by atoms with E-state index in [2.05, 4.69) is 27.7 Å². The Morgan fingerprint density at radius 2 is 0.864 bits per heavy atom. The average molecular weight is 313 g/mol. The van der Waals surface area contributed by atoms with Crippen LogP contribution in [0.2, 0.25) is 0 Å². The Bertz CT molecular complexity index is 266. The molecule has 2 saturated carbocycles. The Labute approximate surface area is 138 Å². The monoisotopic (exact) mass is 312 g/mol. The van der Waals surface area contributed by atoms with Gasteiger partial charge in [-0.1, -0.05) is 27.7 Å². The molecule has 0 spiro atoms. The third kappa shape index (κ3) is 7.00. The highest BCUT2D eigenvalue weighted by atomic mass is 16.3. The van der Waals surface area contributed by atoms with Gasteiger partial charge in [0.2, 0.25) is 0 Å². The Morgan fingerprint density at radius 1 is 0.636 bits per heavy atom. The van der Waals surface area contributed by atoms with Crippen molar-refractivity contribution in [2.75, 3.05) is 0 Å². The summed E-state index contributed by atoms with van der Waals surface area (Å²) >= 11 is 0. The zero-order chi connectivity index (χ0) is 17.0. The maximum absolute atomic E-state index is 9.67. The molecule has 2 heteroatoms. The van der Waals surface area contributed by atoms with Crippen LogP contribution < -0.4 is 0 Å². The van der Waals surface area contributed by atoms with Gasteiger partial charge in [0.25, 0.3) is 0 Å². The fourth-order valence-electron chi connectivity index (χ4n) is 3.86. The summed E-state index contributed by atoms with van der Waals surface area (Å²) in [5.41, 5.74) is -0.712. The second-order valence-electron chi connectivity index (χ2n) is 9.16. The molecule has 0 bridgehead atoms. The Kier molecular flexibility index (Phi) is 7.39. The van der Waals surface area contributed by atoms with Crippen molar-refractivity contribution in [2.24, 2.45) is 23.7 Å². The molecule has 0 saturated heterocycles. The number of hydrogen-bond donors (Lipinski definition) is 2. The molecule has 132 valence electrons. The highest BCUT2D eigenvalue weighted by molar-refractivity contribution is 4.83. The average Bonchev–Trinajstić information content (AvgIpc) is 2.38. The van der Waals surface area contributed by atoms with Crippen molar-refractivity contribution in [3.8, 4) is 0 Å². The summed E-state index contributed by atoms with van der Waals surface area (Å²) in [5, 5.41) is 19.3. The summed E-state index contributed by atoms with van der Waals surface area (Å²) in [4.78, 5) is 0. The summed E-state index contributed by atoms with van der Waals surface area (Å²) in [6, 6.07) is 0. The van der Waals surface area contributed by atoms with Crippen molar-refractivity contribution >= 4 is 0 Å². The predicted octanol–water partition coefficient (Wildman–Crippen LogP) is 5.17. The van der Waals surface area contributed by atoms with E-state index in [9.17, 15) is 10.2 Å². The fraction of sp³-hybridized carbons (Fsp3) is 1.00. The summed E-state index contributed by atoms with van der Waals surface area (Å²) in [6.45, 7) is 13.1. The third-order valence-corrected chi connectivity index (χ3v) is 6.10. The first-order valence-corrected chi connectivity index (χ1v) is 9.47. The second kappa shape index (κ2) is 8.15. The molecule has 0 unspecified atom stereocenters. The molecule has 2 aliphatic rings. The molecule has 22 heavy (non-hydrogen) atoms. The van der Waals surface area contributed by atoms with E-state index in [-0.39, 0.29) is 11.2 Å². The van der Waals surface area contributed by atoms with Crippen LogP contribution in [-0.2, 0) is 0 Å². The van der Waals surface area contributed by atoms with E-state index in [4.69, 9.17) is 0 Å². The van der Waals surface area contributed by atoms with Crippen molar-refractivity contribution in [1.29, 1.82) is 0 Å². The van der Waals surface area contributed by atoms with Crippen LogP contribution in [0.5, 0.6) is 0 Å². The van der Waals surface area contributed by atoms with Gasteiger partial charge in [-0.25, -0.2) is 0 Å². The van der Waals surface area contributed by atoms with Crippen molar-refractivity contribution in [2.45, 2.75) is 104 Å². The molecule has 0 radical (unpaired) electrons. The van der Waals surface area contributed by atoms with Gasteiger partial charge in [0.05, 0.1) is 11.2 Å². The van der Waals surface area contributed by atoms with Crippen LogP contribution in [0.25, 0.3) is 0 Å². The van der Waals surface area contributed by atoms with Gasteiger partial charge in [-0.3, -0.25) is 0 Å². The molecule has 0 aromatic carbocycles. The van der Waals surface area contributed by atoms with Crippen LogP contribution in [0.3, 0.4) is 0 Å². The van der Waals surface area contributed by atoms with E-state index >= 15 is 0 Å². The first-order chi connectivity index (χ1) is 10.0. The van der Waals surface area contributed by atoms with Gasteiger partial charge in [0, 0.05) is 0 Å². The lowest BCUT2D eigenvalue weighted by molar-refractivity contribution is 0.00116. The smallest absolute Gasteiger partial charge is 0.0620 e. The van der Waals surface area contributed by atoms with E-state index in [1.807, 2.05) is 13.8 Å². The maximum atomic E-state index is 9.67. The molecule has 0 aromatic rings. The van der Waals surface area contributed by atoms with Crippen LogP contribution in [0.15, 0.2) is 0 Å². The molecular weight excluding hydrogens is 272 g/mol. The maximum Gasteiger partial charge on any atom is 0.0620 e. The largest absolute Gasteiger partial charge is 0.390 e. The molecule has 0 atom stereocenters. The molecule has 0 amide bonds. The predicted molar refractivity (Wildman–Crippen MR) is 94.8 cm³/mol. The number of rotatable bonds is 2. The molecule has 2 aliphatic carbocycles. The lowest BCUT2D eigenvalue weighted by atomic mass is 9.75. The quantitative estimate of drug-likeness (QED) is 0.738. The van der Waals surface area contributed by atoms with E-state index in [1.54, 1.807) is 0 Å². The SMILES string of the molecule is CC(C)C1CCC(C)(O)CC1.CC(C)C1CCC(C)(O)CC1. The fourth-order valence-corrected chi connectivity index (χ4v) is 3.86. The zero-order valence-electron chi connectivity index (χ0n) is 15.9. The highest BCUT2D eigenvalue weighted by Crippen LogP contribution is 2.36. The van der Waals surface area contributed by atoms with Gasteiger partial charge < -0.3 is 10.2 Å². The standard InChI is InChI=1S/2C10H20O/c2*1-8(2)9-4-6-10(3,11)7-5-9/h2*8-9,11H,4-7H2,1-3H3. The molecule has 0 aliphatic heterocycles. The first kappa shape index (κ1) is 20.0. The number of hydrogen-bond acceptors (Lipinski definition) is 2. The van der Waals surface area contributed by atoms with E-state index in [1.165, 1.54) is 25.7 Å². The van der Waals surface area contributed by atoms with Crippen LogP contribution in [0.4, 0.5) is 0 Å². The highest BCUT2D eigenvalue weighted by Gasteiger charge is 2.30. The van der Waals surface area contributed by atoms with Crippen molar-refractivity contribution in [3.63, 3.8) is 0 Å². The van der Waals surface area contributed by atoms with Gasteiger partial charge in [-0.2, -0.15) is 0 Å². The van der Waals surface area contributed by atoms with Crippen molar-refractivity contribution in [1.82, 2.24) is 0 Å². The van der Waals surface area contributed by atoms with E-state index in [0.717, 1.165) is 49.4 Å². The van der Waals surface area contributed by atoms with Crippen LogP contribution in [-0.4, -0.2) is 21.4 Å². The summed E-state index contributed by atoms with van der Waals surface area (Å²) in [7, 11) is 0. The minimum absolute atomic E-state index is 0.356. The van der Waals surface area contributed by atoms with Gasteiger partial charge in [0.15, 0.2) is 0 Å². The summed E-state index contributed by atoms with van der Waals surface area (Å²) in [5.74, 6) is 3.31. The van der Waals surface area contributed by atoms with Crippen molar-refractivity contribution < 1.29 is 10.2 Å². The molecule has 2 nitrogen and oxygen atoms in total. The topological polar surface area (TPSA) is 40.5 Å². The Hall–Kier alpha value is -0.0800. The van der Waals surface area contributed by atoms with Gasteiger partial charge in [0.1, 0.15) is 0 Å². The van der Waals surface area contributed by atoms with E-state index in [0.29, 0.717) is 0 Å². The molecule has 0 heterocycles. The lowest BCUT2D eigenvalue weighted by Crippen LogP contribution is -2.31. The van der Waals surface area contributed by atoms with Gasteiger partial charge >= 0.3 is 0 Å². The second-order valence-corrected chi connectivity index (χ2v) is 9.16. The summed E-state index contributed by atoms with van der Waals surface area (Å²) in [6.07, 6.45) is 8.84. The normalized spacial score (nSPS) is 39.5. The zero-order valence-corrected chi connectivity index (χ0v) is 15.9. The minimum atomic E-state index is -0.356.